The number of rotatable bonds is 5. The van der Waals surface area contributed by atoms with Gasteiger partial charge in [-0.05, 0) is 18.2 Å². The lowest BCUT2D eigenvalue weighted by molar-refractivity contribution is -0.120. The van der Waals surface area contributed by atoms with Crippen molar-refractivity contribution in [3.05, 3.63) is 63.8 Å². The molecule has 1 fully saturated rings. The molecule has 1 amide bonds. The van der Waals surface area contributed by atoms with Gasteiger partial charge in [0.15, 0.2) is 22.4 Å². The third kappa shape index (κ3) is 3.71. The van der Waals surface area contributed by atoms with Gasteiger partial charge in [0.25, 0.3) is 0 Å². The second-order valence-electron chi connectivity index (χ2n) is 7.59. The van der Waals surface area contributed by atoms with Crippen molar-refractivity contribution >= 4 is 51.6 Å². The molecule has 0 spiro atoms. The summed E-state index contributed by atoms with van der Waals surface area (Å²) in [5, 5.41) is 14.0. The molecule has 5 heterocycles. The molecule has 172 valence electrons. The molecule has 0 aromatic carbocycles. The summed E-state index contributed by atoms with van der Waals surface area (Å²) in [4.78, 5) is 50.7. The number of aromatic nitrogens is 4. The van der Waals surface area contributed by atoms with Crippen molar-refractivity contribution in [2.75, 3.05) is 29.0 Å². The summed E-state index contributed by atoms with van der Waals surface area (Å²) in [6, 6.07) is 4.17. The summed E-state index contributed by atoms with van der Waals surface area (Å²) >= 11 is 1.21. The normalized spacial score (nSPS) is 13.6. The molecule has 0 aliphatic carbocycles. The van der Waals surface area contributed by atoms with Gasteiger partial charge in [0.05, 0.1) is 23.2 Å². The van der Waals surface area contributed by atoms with Crippen molar-refractivity contribution in [2.24, 2.45) is 5.92 Å². The lowest BCUT2D eigenvalue weighted by Crippen LogP contribution is -2.52. The van der Waals surface area contributed by atoms with Gasteiger partial charge in [0, 0.05) is 30.9 Å². The van der Waals surface area contributed by atoms with E-state index in [2.05, 4.69) is 20.3 Å². The molecule has 34 heavy (non-hydrogen) atoms. The molecule has 5 rings (SSSR count). The number of nitrogens with zero attached hydrogens (tertiary/aromatic N) is 5. The first kappa shape index (κ1) is 21.5. The second kappa shape index (κ2) is 8.19. The third-order valence-electron chi connectivity index (χ3n) is 5.37. The van der Waals surface area contributed by atoms with Crippen LogP contribution in [-0.4, -0.2) is 49.6 Å². The molecule has 1 aliphatic rings. The van der Waals surface area contributed by atoms with Crippen LogP contribution < -0.4 is 21.4 Å². The van der Waals surface area contributed by atoms with Crippen LogP contribution in [0.15, 0.2) is 47.0 Å². The molecule has 0 saturated carbocycles. The van der Waals surface area contributed by atoms with E-state index in [1.807, 2.05) is 0 Å². The topological polar surface area (TPSA) is 156 Å². The van der Waals surface area contributed by atoms with Crippen LogP contribution >= 0.6 is 11.3 Å². The molecule has 13 heteroatoms. The van der Waals surface area contributed by atoms with Crippen molar-refractivity contribution in [1.82, 2.24) is 19.5 Å². The van der Waals surface area contributed by atoms with Crippen LogP contribution in [0.4, 0.5) is 21.7 Å². The van der Waals surface area contributed by atoms with Crippen molar-refractivity contribution in [3.8, 4) is 5.13 Å². The fourth-order valence-corrected chi connectivity index (χ4v) is 4.23. The van der Waals surface area contributed by atoms with Crippen LogP contribution in [0.25, 0.3) is 16.2 Å². The number of aromatic carboxylic acids is 1. The fraction of sp³-hybridized carbons (Fsp3) is 0.143. The maximum Gasteiger partial charge on any atom is 0.341 e. The monoisotopic (exact) mass is 481 g/mol. The Morgan fingerprint density at radius 3 is 2.71 bits per heavy atom. The fourth-order valence-electron chi connectivity index (χ4n) is 3.61. The molecule has 11 nitrogen and oxygen atoms in total. The highest BCUT2D eigenvalue weighted by Gasteiger charge is 2.35. The number of halogens is 1. The first-order valence-electron chi connectivity index (χ1n) is 9.98. The van der Waals surface area contributed by atoms with Crippen molar-refractivity contribution in [2.45, 2.75) is 0 Å². The molecule has 4 aromatic heterocycles. The minimum atomic E-state index is -1.44. The van der Waals surface area contributed by atoms with E-state index in [9.17, 15) is 23.9 Å². The van der Waals surface area contributed by atoms with E-state index < -0.39 is 28.7 Å². The van der Waals surface area contributed by atoms with Crippen LogP contribution in [0, 0.1) is 11.7 Å². The van der Waals surface area contributed by atoms with Gasteiger partial charge in [-0.1, -0.05) is 0 Å². The number of nitrogen functional groups attached to an aromatic ring is 1. The zero-order valence-corrected chi connectivity index (χ0v) is 18.1. The lowest BCUT2D eigenvalue weighted by Gasteiger charge is -2.39. The molecular formula is C21H16FN7O4S. The van der Waals surface area contributed by atoms with E-state index in [1.165, 1.54) is 28.3 Å². The summed E-state index contributed by atoms with van der Waals surface area (Å²) in [6.45, 7) is 0.413. The maximum absolute atomic E-state index is 15.0. The number of pyridine rings is 3. The van der Waals surface area contributed by atoms with Gasteiger partial charge in [-0.3, -0.25) is 14.2 Å². The number of carbonyl (C=O) groups excluding carboxylic acids is 1. The zero-order valence-electron chi connectivity index (χ0n) is 17.3. The number of carboxylic acids is 1. The first-order chi connectivity index (χ1) is 16.3. The van der Waals surface area contributed by atoms with Gasteiger partial charge >= 0.3 is 5.97 Å². The highest BCUT2D eigenvalue weighted by molar-refractivity contribution is 7.12. The largest absolute Gasteiger partial charge is 0.477 e. The Bertz CT molecular complexity index is 1480. The Balaban J connectivity index is 1.45. The van der Waals surface area contributed by atoms with Crippen LogP contribution in [0.2, 0.25) is 0 Å². The number of carboxylic acid groups (broad SMARTS) is 1. The molecule has 1 aliphatic heterocycles. The molecule has 4 N–H and O–H groups in total. The predicted molar refractivity (Wildman–Crippen MR) is 123 cm³/mol. The van der Waals surface area contributed by atoms with Crippen LogP contribution in [0.1, 0.15) is 10.4 Å². The predicted octanol–water partition coefficient (Wildman–Crippen LogP) is 1.73. The Kier molecular flexibility index (Phi) is 5.17. The highest BCUT2D eigenvalue weighted by atomic mass is 32.1. The van der Waals surface area contributed by atoms with Crippen LogP contribution in [-0.2, 0) is 4.79 Å². The first-order valence-corrected chi connectivity index (χ1v) is 10.9. The molecule has 0 unspecified atom stereocenters. The van der Waals surface area contributed by atoms with E-state index in [0.29, 0.717) is 16.6 Å². The van der Waals surface area contributed by atoms with Gasteiger partial charge in [0.1, 0.15) is 11.4 Å². The molecule has 0 bridgehead atoms. The van der Waals surface area contributed by atoms with Crippen LogP contribution in [0.5, 0.6) is 0 Å². The van der Waals surface area contributed by atoms with Crippen molar-refractivity contribution < 1.29 is 19.1 Å². The quantitative estimate of drug-likeness (QED) is 0.386. The smallest absolute Gasteiger partial charge is 0.341 e. The van der Waals surface area contributed by atoms with E-state index in [1.54, 1.807) is 22.4 Å². The average Bonchev–Trinajstić information content (AvgIpc) is 3.30. The maximum atomic E-state index is 15.0. The summed E-state index contributed by atoms with van der Waals surface area (Å²) in [7, 11) is 0. The van der Waals surface area contributed by atoms with E-state index in [0.717, 1.165) is 12.3 Å². The zero-order chi connectivity index (χ0) is 24.0. The van der Waals surface area contributed by atoms with Gasteiger partial charge in [0.2, 0.25) is 11.3 Å². The molecule has 0 radical (unpaired) electrons. The van der Waals surface area contributed by atoms with E-state index in [4.69, 9.17) is 5.73 Å². The number of anilines is 3. The average molecular weight is 481 g/mol. The number of nitrogens with two attached hydrogens (primary N) is 1. The number of nitrogens with one attached hydrogen (secondary N) is 1. The lowest BCUT2D eigenvalue weighted by atomic mass is 9.99. The number of thiazole rings is 1. The van der Waals surface area contributed by atoms with Crippen molar-refractivity contribution in [1.29, 1.82) is 0 Å². The minimum absolute atomic E-state index is 0.0431. The molecule has 0 atom stereocenters. The van der Waals surface area contributed by atoms with Gasteiger partial charge in [-0.25, -0.2) is 24.1 Å². The Morgan fingerprint density at radius 1 is 1.26 bits per heavy atom. The van der Waals surface area contributed by atoms with Gasteiger partial charge in [-0.15, -0.1) is 11.3 Å². The standard InChI is InChI=1S/C21H16FN7O4S/c22-14-5-12-16(30)13(20(32)33)9-29(21-24-3-4-34-21)17(12)27-18(14)28-7-10(8-28)19(31)26-11-1-2-15(23)25-6-11/h1-6,9-10H,7-8H2,(H2,23,25)(H,26,31)(H,32,33). The summed E-state index contributed by atoms with van der Waals surface area (Å²) < 4.78 is 16.3. The number of carbonyl (C=O) groups is 2. The number of hydrogen-bond donors (Lipinski definition) is 3. The molecule has 4 aromatic rings. The van der Waals surface area contributed by atoms with E-state index in [-0.39, 0.29) is 35.8 Å². The Labute approximate surface area is 194 Å². The summed E-state index contributed by atoms with van der Waals surface area (Å²) in [6.07, 6.45) is 4.09. The van der Waals surface area contributed by atoms with Crippen LogP contribution in [0.3, 0.4) is 0 Å². The number of fused-ring (bicyclic) bond motifs is 1. The SMILES string of the molecule is Nc1ccc(NC(=O)C2CN(c3nc4c(cc3F)c(=O)c(C(=O)O)cn4-c3nccs3)C2)cn1. The summed E-state index contributed by atoms with van der Waals surface area (Å²) in [5.41, 5.74) is 4.74. The Hall–Kier alpha value is -4.39. The third-order valence-corrected chi connectivity index (χ3v) is 6.15. The number of hydrogen-bond acceptors (Lipinski definition) is 9. The van der Waals surface area contributed by atoms with Crippen molar-refractivity contribution in [3.63, 3.8) is 0 Å². The second-order valence-corrected chi connectivity index (χ2v) is 8.46. The minimum Gasteiger partial charge on any atom is -0.477 e. The molecule has 1 saturated heterocycles. The Morgan fingerprint density at radius 2 is 2.06 bits per heavy atom. The summed E-state index contributed by atoms with van der Waals surface area (Å²) in [5.74, 6) is -2.61. The van der Waals surface area contributed by atoms with Gasteiger partial charge < -0.3 is 21.1 Å². The molecular weight excluding hydrogens is 465 g/mol. The van der Waals surface area contributed by atoms with Gasteiger partial charge in [-0.2, -0.15) is 0 Å². The highest BCUT2D eigenvalue weighted by Crippen LogP contribution is 2.29. The van der Waals surface area contributed by atoms with E-state index >= 15 is 0 Å². The number of amides is 1.